The summed E-state index contributed by atoms with van der Waals surface area (Å²) < 4.78 is 13.1. The van der Waals surface area contributed by atoms with Gasteiger partial charge < -0.3 is 5.73 Å². The van der Waals surface area contributed by atoms with Crippen LogP contribution in [0, 0.1) is 5.82 Å². The smallest absolute Gasteiger partial charge is 0.123 e. The van der Waals surface area contributed by atoms with E-state index in [9.17, 15) is 4.39 Å². The van der Waals surface area contributed by atoms with Crippen LogP contribution in [0.4, 0.5) is 4.39 Å². The maximum Gasteiger partial charge on any atom is 0.123 e. The van der Waals surface area contributed by atoms with Crippen LogP contribution in [0.5, 0.6) is 0 Å². The number of amidine groups is 1. The maximum atomic E-state index is 13.1. The van der Waals surface area contributed by atoms with Gasteiger partial charge in [-0.05, 0) is 51.0 Å². The Morgan fingerprint density at radius 3 is 2.61 bits per heavy atom. The van der Waals surface area contributed by atoms with Crippen molar-refractivity contribution in [2.45, 2.75) is 39.2 Å². The summed E-state index contributed by atoms with van der Waals surface area (Å²) >= 11 is 1.56. The summed E-state index contributed by atoms with van der Waals surface area (Å²) in [7, 11) is 0. The molecule has 0 saturated heterocycles. The minimum atomic E-state index is -0.470. The second kappa shape index (κ2) is 7.04. The van der Waals surface area contributed by atoms with Crippen molar-refractivity contribution in [3.8, 4) is 10.6 Å². The molecule has 0 bridgehead atoms. The molecule has 0 spiro atoms. The third kappa shape index (κ3) is 4.26. The van der Waals surface area contributed by atoms with Crippen LogP contribution in [0.25, 0.3) is 10.6 Å². The van der Waals surface area contributed by atoms with E-state index in [-0.39, 0.29) is 5.82 Å². The highest BCUT2D eigenvalue weighted by molar-refractivity contribution is 7.15. The second-order valence-corrected chi connectivity index (χ2v) is 6.87. The van der Waals surface area contributed by atoms with Crippen LogP contribution in [0.15, 0.2) is 47.6 Å². The fourth-order valence-electron chi connectivity index (χ4n) is 2.43. The van der Waals surface area contributed by atoms with Gasteiger partial charge in [-0.2, -0.15) is 0 Å². The van der Waals surface area contributed by atoms with Crippen molar-refractivity contribution in [3.63, 3.8) is 0 Å². The van der Waals surface area contributed by atoms with Crippen LogP contribution < -0.4 is 5.73 Å². The van der Waals surface area contributed by atoms with Crippen molar-refractivity contribution in [2.24, 2.45) is 10.7 Å². The molecule has 0 fully saturated rings. The van der Waals surface area contributed by atoms with Gasteiger partial charge in [0.1, 0.15) is 10.8 Å². The molecule has 0 aliphatic heterocycles. The van der Waals surface area contributed by atoms with Gasteiger partial charge >= 0.3 is 0 Å². The molecule has 0 saturated carbocycles. The van der Waals surface area contributed by atoms with Crippen LogP contribution in [-0.4, -0.2) is 10.8 Å². The van der Waals surface area contributed by atoms with Gasteiger partial charge in [0.2, 0.25) is 0 Å². The average molecular weight is 331 g/mol. The number of aromatic nitrogens is 1. The van der Waals surface area contributed by atoms with E-state index < -0.39 is 5.54 Å². The van der Waals surface area contributed by atoms with Crippen LogP contribution >= 0.6 is 11.3 Å². The first-order chi connectivity index (χ1) is 10.8. The Morgan fingerprint density at radius 1 is 1.39 bits per heavy atom. The normalized spacial score (nSPS) is 14.5. The lowest BCUT2D eigenvalue weighted by Crippen LogP contribution is -2.23. The highest BCUT2D eigenvalue weighted by atomic mass is 32.1. The zero-order chi connectivity index (χ0) is 17.0. The molecule has 122 valence electrons. The van der Waals surface area contributed by atoms with E-state index in [0.717, 1.165) is 33.9 Å². The zero-order valence-corrected chi connectivity index (χ0v) is 14.6. The molecule has 1 aromatic carbocycles. The molecule has 0 aliphatic carbocycles. The highest BCUT2D eigenvalue weighted by Crippen LogP contribution is 2.38. The number of benzene rings is 1. The predicted molar refractivity (Wildman–Crippen MR) is 96.2 cm³/mol. The minimum absolute atomic E-state index is 0.252. The number of nitrogens with two attached hydrogens (primary N) is 1. The lowest BCUT2D eigenvalue weighted by Gasteiger charge is -2.25. The van der Waals surface area contributed by atoms with Gasteiger partial charge in [0.05, 0.1) is 16.3 Å². The molecule has 23 heavy (non-hydrogen) atoms. The summed E-state index contributed by atoms with van der Waals surface area (Å²) in [6.07, 6.45) is 3.46. The Kier molecular flexibility index (Phi) is 5.31. The number of hydrogen-bond acceptors (Lipinski definition) is 3. The second-order valence-electron chi connectivity index (χ2n) is 5.84. The number of nitrogens with zero attached hydrogens (tertiary/aromatic N) is 2. The molecular formula is C18H22FN3S. The molecule has 2 rings (SSSR count). The van der Waals surface area contributed by atoms with Gasteiger partial charge in [0, 0.05) is 11.8 Å². The van der Waals surface area contributed by atoms with Gasteiger partial charge in [-0.3, -0.25) is 4.99 Å². The molecule has 1 heterocycles. The Hall–Kier alpha value is -2.01. The van der Waals surface area contributed by atoms with Crippen LogP contribution in [0.2, 0.25) is 0 Å². The van der Waals surface area contributed by atoms with Crippen molar-refractivity contribution in [1.82, 2.24) is 4.98 Å². The van der Waals surface area contributed by atoms with Gasteiger partial charge in [-0.1, -0.05) is 19.1 Å². The first-order valence-corrected chi connectivity index (χ1v) is 8.36. The summed E-state index contributed by atoms with van der Waals surface area (Å²) in [6.45, 7) is 10.0. The summed E-state index contributed by atoms with van der Waals surface area (Å²) in [6, 6.07) is 6.35. The molecule has 1 atom stereocenters. The van der Waals surface area contributed by atoms with E-state index in [1.54, 1.807) is 30.4 Å². The Morgan fingerprint density at radius 2 is 2.04 bits per heavy atom. The predicted octanol–water partition coefficient (Wildman–Crippen LogP) is 4.90. The quantitative estimate of drug-likeness (QED) is 0.465. The Labute approximate surface area is 140 Å². The van der Waals surface area contributed by atoms with E-state index in [1.807, 2.05) is 13.1 Å². The summed E-state index contributed by atoms with van der Waals surface area (Å²) in [5.74, 6) is 0.283. The third-order valence-electron chi connectivity index (χ3n) is 3.65. The van der Waals surface area contributed by atoms with E-state index in [4.69, 9.17) is 5.73 Å². The molecule has 0 unspecified atom stereocenters. The molecule has 5 heteroatoms. The van der Waals surface area contributed by atoms with Gasteiger partial charge in [0.15, 0.2) is 0 Å². The fraction of sp³-hybridized carbons (Fsp3) is 0.333. The van der Waals surface area contributed by atoms with E-state index in [2.05, 4.69) is 23.5 Å². The lowest BCUT2D eigenvalue weighted by atomic mass is 9.91. The minimum Gasteiger partial charge on any atom is -0.388 e. The molecule has 0 aliphatic rings. The van der Waals surface area contributed by atoms with E-state index in [0.29, 0.717) is 5.84 Å². The average Bonchev–Trinajstić information content (AvgIpc) is 2.97. The van der Waals surface area contributed by atoms with Crippen molar-refractivity contribution in [2.75, 3.05) is 0 Å². The Bertz CT molecular complexity index is 714. The number of rotatable bonds is 6. The standard InChI is InChI=1S/C18H22FN3S/c1-5-12(2)10-18(4,22-13(3)20)16-11-21-17(23-16)14-6-8-15(19)9-7-14/h6-9,11H,2,5,10H2,1,3-4H3,(H2,20,22)/t18-/m0/s1. The first-order valence-electron chi connectivity index (χ1n) is 7.55. The lowest BCUT2D eigenvalue weighted by molar-refractivity contribution is 0.496. The molecule has 3 nitrogen and oxygen atoms in total. The van der Waals surface area contributed by atoms with Gasteiger partial charge in [0.25, 0.3) is 0 Å². The van der Waals surface area contributed by atoms with Gasteiger partial charge in [-0.15, -0.1) is 11.3 Å². The largest absolute Gasteiger partial charge is 0.388 e. The van der Waals surface area contributed by atoms with E-state index >= 15 is 0 Å². The highest BCUT2D eigenvalue weighted by Gasteiger charge is 2.29. The summed E-state index contributed by atoms with van der Waals surface area (Å²) in [5, 5.41) is 0.846. The van der Waals surface area contributed by atoms with Crippen molar-refractivity contribution >= 4 is 17.2 Å². The van der Waals surface area contributed by atoms with Crippen molar-refractivity contribution in [1.29, 1.82) is 0 Å². The summed E-state index contributed by atoms with van der Waals surface area (Å²) in [4.78, 5) is 10.1. The van der Waals surface area contributed by atoms with Crippen LogP contribution in [0.3, 0.4) is 0 Å². The van der Waals surface area contributed by atoms with Crippen molar-refractivity contribution in [3.05, 3.63) is 53.3 Å². The molecule has 2 N–H and O–H groups in total. The molecule has 0 amide bonds. The molecule has 1 aromatic heterocycles. The number of hydrogen-bond donors (Lipinski definition) is 1. The zero-order valence-electron chi connectivity index (χ0n) is 13.8. The SMILES string of the molecule is C=C(CC)C[C@](C)(N=C(C)N)c1cnc(-c2ccc(F)cc2)s1. The van der Waals surface area contributed by atoms with Crippen molar-refractivity contribution < 1.29 is 4.39 Å². The number of halogens is 1. The summed E-state index contributed by atoms with van der Waals surface area (Å²) in [5.41, 5.74) is 7.38. The maximum absolute atomic E-state index is 13.1. The Balaban J connectivity index is 2.39. The monoisotopic (exact) mass is 331 g/mol. The molecular weight excluding hydrogens is 309 g/mol. The van der Waals surface area contributed by atoms with Gasteiger partial charge in [-0.25, -0.2) is 9.37 Å². The molecule has 0 radical (unpaired) electrons. The fourth-order valence-corrected chi connectivity index (χ4v) is 3.44. The van der Waals surface area contributed by atoms with Crippen LogP contribution in [-0.2, 0) is 5.54 Å². The first kappa shape index (κ1) is 17.3. The molecule has 2 aromatic rings. The number of thiazole rings is 1. The topological polar surface area (TPSA) is 51.3 Å². The number of aliphatic imine (C=N–C) groups is 1. The van der Waals surface area contributed by atoms with Crippen LogP contribution in [0.1, 0.15) is 38.5 Å². The third-order valence-corrected chi connectivity index (χ3v) is 4.94. The van der Waals surface area contributed by atoms with E-state index in [1.165, 1.54) is 12.1 Å².